The first kappa shape index (κ1) is 27.1. The van der Waals surface area contributed by atoms with Crippen LogP contribution in [0.3, 0.4) is 0 Å². The van der Waals surface area contributed by atoms with Gasteiger partial charge in [0, 0.05) is 59.9 Å². The lowest BCUT2D eigenvalue weighted by molar-refractivity contribution is -0.128. The van der Waals surface area contributed by atoms with Gasteiger partial charge in [-0.3, -0.25) is 14.5 Å². The first-order valence-corrected chi connectivity index (χ1v) is 15.5. The minimum atomic E-state index is -1.18. The van der Waals surface area contributed by atoms with Gasteiger partial charge in [0.15, 0.2) is 0 Å². The van der Waals surface area contributed by atoms with Crippen LogP contribution in [0.2, 0.25) is 10.0 Å². The molecular weight excluding hydrogens is 588 g/mol. The molecule has 4 aromatic rings. The molecule has 1 spiro atoms. The molecule has 4 aliphatic rings. The zero-order valence-electron chi connectivity index (χ0n) is 23.8. The summed E-state index contributed by atoms with van der Waals surface area (Å²) in [5.74, 6) is -0.515. The number of hydrogen-bond acceptors (Lipinski definition) is 4. The normalized spacial score (nSPS) is 26.0. The summed E-state index contributed by atoms with van der Waals surface area (Å²) in [5, 5.41) is 6.39. The lowest BCUT2D eigenvalue weighted by Gasteiger charge is -2.40. The molecule has 8 rings (SSSR count). The van der Waals surface area contributed by atoms with E-state index in [2.05, 4.69) is 20.1 Å². The summed E-state index contributed by atoms with van der Waals surface area (Å²) in [6.07, 6.45) is 2.98. The van der Waals surface area contributed by atoms with Gasteiger partial charge < -0.3 is 15.2 Å². The monoisotopic (exact) mass is 617 g/mol. The Bertz CT molecular complexity index is 1870. The van der Waals surface area contributed by atoms with E-state index < -0.39 is 17.3 Å². The van der Waals surface area contributed by atoms with Crippen LogP contribution in [0.15, 0.2) is 48.5 Å². The van der Waals surface area contributed by atoms with Crippen LogP contribution in [-0.4, -0.2) is 45.9 Å². The zero-order valence-corrected chi connectivity index (χ0v) is 25.3. The summed E-state index contributed by atoms with van der Waals surface area (Å²) in [7, 11) is 1.61. The van der Waals surface area contributed by atoms with Crippen molar-refractivity contribution < 1.29 is 14.0 Å². The van der Waals surface area contributed by atoms with E-state index in [1.54, 1.807) is 31.3 Å². The van der Waals surface area contributed by atoms with Crippen LogP contribution < -0.4 is 10.6 Å². The number of imidazole rings is 1. The van der Waals surface area contributed by atoms with E-state index in [-0.39, 0.29) is 28.8 Å². The molecule has 4 atom stereocenters. The third kappa shape index (κ3) is 3.72. The summed E-state index contributed by atoms with van der Waals surface area (Å²) in [4.78, 5) is 34.7. The van der Waals surface area contributed by atoms with E-state index >= 15 is 4.39 Å². The number of fused-ring (bicyclic) bond motifs is 7. The topological polar surface area (TPSA) is 79.3 Å². The molecule has 0 unspecified atom stereocenters. The first-order chi connectivity index (χ1) is 20.7. The molecule has 220 valence electrons. The lowest BCUT2D eigenvalue weighted by Crippen LogP contribution is -2.53. The highest BCUT2D eigenvalue weighted by molar-refractivity contribution is 6.31. The molecule has 3 aliphatic heterocycles. The van der Waals surface area contributed by atoms with Crippen LogP contribution in [0.5, 0.6) is 0 Å². The van der Waals surface area contributed by atoms with Gasteiger partial charge in [-0.2, -0.15) is 0 Å². The van der Waals surface area contributed by atoms with E-state index in [1.807, 2.05) is 31.2 Å². The third-order valence-corrected chi connectivity index (χ3v) is 10.6. The summed E-state index contributed by atoms with van der Waals surface area (Å²) >= 11 is 12.8. The van der Waals surface area contributed by atoms with Gasteiger partial charge in [0.2, 0.25) is 5.91 Å². The Labute approximate surface area is 258 Å². The molecule has 3 aromatic carbocycles. The molecular formula is C33H30Cl2FN5O2. The van der Waals surface area contributed by atoms with Gasteiger partial charge in [0.1, 0.15) is 17.2 Å². The Balaban J connectivity index is 1.42. The highest BCUT2D eigenvalue weighted by atomic mass is 35.5. The van der Waals surface area contributed by atoms with Crippen LogP contribution in [0.1, 0.15) is 64.0 Å². The van der Waals surface area contributed by atoms with Crippen molar-refractivity contribution in [1.29, 1.82) is 0 Å². The third-order valence-electron chi connectivity index (χ3n) is 10.1. The van der Waals surface area contributed by atoms with Crippen LogP contribution >= 0.6 is 23.2 Å². The molecule has 7 nitrogen and oxygen atoms in total. The van der Waals surface area contributed by atoms with E-state index in [1.165, 1.54) is 0 Å². The first-order valence-electron chi connectivity index (χ1n) is 14.8. The molecule has 1 aliphatic carbocycles. The zero-order chi connectivity index (χ0) is 29.8. The molecule has 2 N–H and O–H groups in total. The average Bonchev–Trinajstić information content (AvgIpc) is 3.59. The second kappa shape index (κ2) is 9.52. The summed E-state index contributed by atoms with van der Waals surface area (Å²) in [5.41, 5.74) is 3.75. The standard InChI is InChI=1S/C33H30Cl2FN5O2/c1-16-12-26-24(14-20(16)31(42)37-2)38-30-27-25(10-11-40(26)30)41(15-17-6-7-17)33(28(27)19-4-3-5-22(35)29(19)36)21-9-8-18(34)13-23(21)39-32(33)43/h3-5,8-9,12-14,17,25,27-28H,6-7,10-11,15H2,1-2H3,(H,37,42)(H,39,43)/t25-,27+,28-,33+/m0/s1. The van der Waals surface area contributed by atoms with Crippen molar-refractivity contribution in [2.45, 2.75) is 56.1 Å². The van der Waals surface area contributed by atoms with Gasteiger partial charge in [-0.1, -0.05) is 41.4 Å². The van der Waals surface area contributed by atoms with Crippen molar-refractivity contribution in [1.82, 2.24) is 19.8 Å². The minimum absolute atomic E-state index is 0.0229. The van der Waals surface area contributed by atoms with E-state index in [0.717, 1.165) is 48.3 Å². The minimum Gasteiger partial charge on any atom is -0.355 e. The number of halogens is 3. The second-order valence-electron chi connectivity index (χ2n) is 12.4. The number of carbonyl (C=O) groups is 2. The fourth-order valence-electron chi connectivity index (χ4n) is 8.12. The van der Waals surface area contributed by atoms with Gasteiger partial charge in [-0.15, -0.1) is 0 Å². The maximum Gasteiger partial charge on any atom is 0.251 e. The lowest BCUT2D eigenvalue weighted by atomic mass is 9.70. The molecule has 1 aromatic heterocycles. The van der Waals surface area contributed by atoms with Crippen molar-refractivity contribution in [3.8, 4) is 0 Å². The van der Waals surface area contributed by atoms with Crippen molar-refractivity contribution in [2.75, 3.05) is 18.9 Å². The molecule has 10 heteroatoms. The number of amides is 2. The number of rotatable bonds is 4. The smallest absolute Gasteiger partial charge is 0.251 e. The molecule has 1 saturated heterocycles. The number of nitrogens with one attached hydrogen (secondary N) is 2. The Morgan fingerprint density at radius 2 is 1.98 bits per heavy atom. The maximum absolute atomic E-state index is 16.3. The molecule has 2 fully saturated rings. The fraction of sp³-hybridized carbons (Fsp3) is 0.364. The van der Waals surface area contributed by atoms with Crippen molar-refractivity contribution in [3.05, 3.63) is 92.5 Å². The Morgan fingerprint density at radius 1 is 1.16 bits per heavy atom. The number of aryl methyl sites for hydroxylation is 2. The number of aromatic nitrogens is 2. The van der Waals surface area contributed by atoms with Gasteiger partial charge in [0.05, 0.1) is 16.1 Å². The molecule has 0 bridgehead atoms. The van der Waals surface area contributed by atoms with Crippen molar-refractivity contribution in [2.24, 2.45) is 5.92 Å². The number of likely N-dealkylation sites (tertiary alicyclic amines) is 1. The second-order valence-corrected chi connectivity index (χ2v) is 13.2. The Kier molecular flexibility index (Phi) is 6.00. The number of carbonyl (C=O) groups excluding carboxylic acids is 2. The van der Waals surface area contributed by atoms with Gasteiger partial charge in [-0.05, 0) is 73.6 Å². The summed E-state index contributed by atoms with van der Waals surface area (Å²) in [6.45, 7) is 3.35. The van der Waals surface area contributed by atoms with Crippen LogP contribution in [-0.2, 0) is 16.9 Å². The number of benzene rings is 3. The highest BCUT2D eigenvalue weighted by Crippen LogP contribution is 2.64. The largest absolute Gasteiger partial charge is 0.355 e. The SMILES string of the molecule is CNC(=O)c1cc2nc3n(c2cc1C)CC[C@H]1[C@@H]3[C@H](c2cccc(Cl)c2F)[C@]2(C(=O)Nc3cc(Cl)ccc32)N1CC1CC1. The highest BCUT2D eigenvalue weighted by Gasteiger charge is 2.69. The van der Waals surface area contributed by atoms with E-state index in [0.29, 0.717) is 39.8 Å². The van der Waals surface area contributed by atoms with Gasteiger partial charge >= 0.3 is 0 Å². The molecule has 43 heavy (non-hydrogen) atoms. The summed E-state index contributed by atoms with van der Waals surface area (Å²) in [6, 6.07) is 14.4. The van der Waals surface area contributed by atoms with E-state index in [4.69, 9.17) is 28.2 Å². The van der Waals surface area contributed by atoms with E-state index in [9.17, 15) is 9.59 Å². The predicted molar refractivity (Wildman–Crippen MR) is 164 cm³/mol. The van der Waals surface area contributed by atoms with Gasteiger partial charge in [-0.25, -0.2) is 9.37 Å². The molecule has 4 heterocycles. The average molecular weight is 619 g/mol. The van der Waals surface area contributed by atoms with Gasteiger partial charge in [0.25, 0.3) is 5.91 Å². The fourth-order valence-corrected chi connectivity index (χ4v) is 8.47. The van der Waals surface area contributed by atoms with Crippen molar-refractivity contribution >= 4 is 51.7 Å². The Morgan fingerprint density at radius 3 is 2.74 bits per heavy atom. The maximum atomic E-state index is 16.3. The molecule has 0 radical (unpaired) electrons. The molecule has 1 saturated carbocycles. The van der Waals surface area contributed by atoms with Crippen LogP contribution in [0.25, 0.3) is 11.0 Å². The number of hydrogen-bond donors (Lipinski definition) is 2. The molecule has 2 amide bonds. The van der Waals surface area contributed by atoms with Crippen LogP contribution in [0.4, 0.5) is 10.1 Å². The summed E-state index contributed by atoms with van der Waals surface area (Å²) < 4.78 is 18.5. The number of nitrogens with zero attached hydrogens (tertiary/aromatic N) is 3. The Hall–Kier alpha value is -3.46. The van der Waals surface area contributed by atoms with Crippen LogP contribution in [0, 0.1) is 18.7 Å². The number of anilines is 1. The predicted octanol–water partition coefficient (Wildman–Crippen LogP) is 6.36. The van der Waals surface area contributed by atoms with Crippen molar-refractivity contribution in [3.63, 3.8) is 0 Å². The quantitative estimate of drug-likeness (QED) is 0.279.